The van der Waals surface area contributed by atoms with Crippen LogP contribution in [0.4, 0.5) is 0 Å². The Kier molecular flexibility index (Phi) is 5.59. The quantitative estimate of drug-likeness (QED) is 0.729. The number of carbonyl (C=O) groups is 1. The van der Waals surface area contributed by atoms with E-state index in [4.69, 9.17) is 27.9 Å². The Labute approximate surface area is 133 Å². The van der Waals surface area contributed by atoms with Crippen LogP contribution >= 0.6 is 23.2 Å². The van der Waals surface area contributed by atoms with Crippen LogP contribution in [-0.4, -0.2) is 17.4 Å². The third kappa shape index (κ3) is 4.45. The summed E-state index contributed by atoms with van der Waals surface area (Å²) >= 11 is 11.9. The van der Waals surface area contributed by atoms with Gasteiger partial charge in [0.2, 0.25) is 0 Å². The molecule has 0 aliphatic carbocycles. The highest BCUT2D eigenvalue weighted by atomic mass is 35.5. The summed E-state index contributed by atoms with van der Waals surface area (Å²) in [5.41, 5.74) is 1.25. The van der Waals surface area contributed by atoms with Gasteiger partial charge in [0.1, 0.15) is 5.75 Å². The van der Waals surface area contributed by atoms with Gasteiger partial charge in [-0.1, -0.05) is 36.2 Å². The lowest BCUT2D eigenvalue weighted by molar-refractivity contribution is 0.0992. The Morgan fingerprint density at radius 1 is 1.24 bits per heavy atom. The minimum atomic E-state index is -0.0614. The first-order chi connectivity index (χ1) is 10.1. The lowest BCUT2D eigenvalue weighted by atomic mass is 10.0. The number of ether oxygens (including phenoxy) is 1. The summed E-state index contributed by atoms with van der Waals surface area (Å²) in [7, 11) is 0. The summed E-state index contributed by atoms with van der Waals surface area (Å²) in [5.74, 6) is 0.540. The number of ketones is 1. The van der Waals surface area contributed by atoms with E-state index in [1.54, 1.807) is 30.5 Å². The zero-order valence-corrected chi connectivity index (χ0v) is 13.1. The highest BCUT2D eigenvalue weighted by Crippen LogP contribution is 2.23. The Balaban J connectivity index is 2.12. The summed E-state index contributed by atoms with van der Waals surface area (Å²) in [6.07, 6.45) is 4.24. The van der Waals surface area contributed by atoms with E-state index in [-0.39, 0.29) is 12.2 Å². The standard InChI is InChI=1S/C16H15Cl2NO2/c1-2-5-21-14-6-12(9-19-10-14)16(20)7-11-3-4-13(17)8-15(11)18/h3-4,6,8-10H,2,5,7H2,1H3. The van der Waals surface area contributed by atoms with Gasteiger partial charge in [-0.25, -0.2) is 0 Å². The first kappa shape index (κ1) is 15.8. The number of hydrogen-bond donors (Lipinski definition) is 0. The molecule has 3 nitrogen and oxygen atoms in total. The fraction of sp³-hybridized carbons (Fsp3) is 0.250. The van der Waals surface area contributed by atoms with Crippen molar-refractivity contribution in [1.82, 2.24) is 4.98 Å². The molecule has 0 N–H and O–H groups in total. The second kappa shape index (κ2) is 7.43. The number of rotatable bonds is 6. The molecule has 0 unspecified atom stereocenters. The molecule has 0 atom stereocenters. The van der Waals surface area contributed by atoms with Crippen molar-refractivity contribution < 1.29 is 9.53 Å². The molecule has 0 fully saturated rings. The van der Waals surface area contributed by atoms with Crippen molar-refractivity contribution in [2.75, 3.05) is 6.61 Å². The zero-order valence-electron chi connectivity index (χ0n) is 11.6. The first-order valence-corrected chi connectivity index (χ1v) is 7.40. The predicted molar refractivity (Wildman–Crippen MR) is 84.5 cm³/mol. The van der Waals surface area contributed by atoms with Crippen LogP contribution in [0.3, 0.4) is 0 Å². The maximum Gasteiger partial charge on any atom is 0.168 e. The molecule has 2 rings (SSSR count). The lowest BCUT2D eigenvalue weighted by Crippen LogP contribution is -2.05. The monoisotopic (exact) mass is 323 g/mol. The van der Waals surface area contributed by atoms with Crippen molar-refractivity contribution in [3.8, 4) is 5.75 Å². The van der Waals surface area contributed by atoms with E-state index in [0.29, 0.717) is 28.0 Å². The van der Waals surface area contributed by atoms with Crippen LogP contribution in [0, 0.1) is 0 Å². The maximum atomic E-state index is 12.3. The van der Waals surface area contributed by atoms with Gasteiger partial charge in [0, 0.05) is 28.2 Å². The van der Waals surface area contributed by atoms with Gasteiger partial charge >= 0.3 is 0 Å². The summed E-state index contributed by atoms with van der Waals surface area (Å²) in [4.78, 5) is 16.3. The van der Waals surface area contributed by atoms with Crippen molar-refractivity contribution in [2.24, 2.45) is 0 Å². The van der Waals surface area contributed by atoms with Gasteiger partial charge in [0.25, 0.3) is 0 Å². The number of halogens is 2. The van der Waals surface area contributed by atoms with Crippen LogP contribution < -0.4 is 4.74 Å². The second-order valence-electron chi connectivity index (χ2n) is 4.59. The normalized spacial score (nSPS) is 10.4. The molecule has 0 aliphatic rings. The summed E-state index contributed by atoms with van der Waals surface area (Å²) in [6.45, 7) is 2.62. The second-order valence-corrected chi connectivity index (χ2v) is 5.44. The summed E-state index contributed by atoms with van der Waals surface area (Å²) < 4.78 is 5.48. The zero-order chi connectivity index (χ0) is 15.2. The van der Waals surface area contributed by atoms with Gasteiger partial charge in [0.15, 0.2) is 5.78 Å². The number of aromatic nitrogens is 1. The average Bonchev–Trinajstić information content (AvgIpc) is 2.48. The van der Waals surface area contributed by atoms with Crippen molar-refractivity contribution in [3.63, 3.8) is 0 Å². The third-order valence-corrected chi connectivity index (χ3v) is 3.46. The fourth-order valence-corrected chi connectivity index (χ4v) is 2.29. The molecule has 0 saturated carbocycles. The van der Waals surface area contributed by atoms with Crippen LogP contribution in [0.25, 0.3) is 0 Å². The molecule has 1 aromatic carbocycles. The molecular formula is C16H15Cl2NO2. The average molecular weight is 324 g/mol. The molecule has 2 aromatic rings. The van der Waals surface area contributed by atoms with E-state index in [2.05, 4.69) is 4.98 Å². The van der Waals surface area contributed by atoms with Crippen molar-refractivity contribution in [3.05, 3.63) is 57.8 Å². The Hall–Kier alpha value is -1.58. The van der Waals surface area contributed by atoms with Gasteiger partial charge in [-0.3, -0.25) is 9.78 Å². The predicted octanol–water partition coefficient (Wildman–Crippen LogP) is 4.60. The van der Waals surface area contributed by atoms with Crippen LogP contribution in [0.5, 0.6) is 5.75 Å². The molecule has 5 heteroatoms. The smallest absolute Gasteiger partial charge is 0.168 e. The Bertz CT molecular complexity index is 644. The number of pyridine rings is 1. The number of Topliss-reactive ketones (excluding diaryl/α,β-unsaturated/α-hetero) is 1. The molecule has 0 aliphatic heterocycles. The Morgan fingerprint density at radius 2 is 2.05 bits per heavy atom. The number of hydrogen-bond acceptors (Lipinski definition) is 3. The van der Waals surface area contributed by atoms with E-state index in [1.165, 1.54) is 6.20 Å². The SMILES string of the molecule is CCCOc1cncc(C(=O)Cc2ccc(Cl)cc2Cl)c1. The highest BCUT2D eigenvalue weighted by Gasteiger charge is 2.11. The van der Waals surface area contributed by atoms with Crippen LogP contribution in [0.1, 0.15) is 29.3 Å². The molecule has 110 valence electrons. The van der Waals surface area contributed by atoms with Gasteiger partial charge in [-0.15, -0.1) is 0 Å². The highest BCUT2D eigenvalue weighted by molar-refractivity contribution is 6.35. The number of carbonyl (C=O) groups excluding carboxylic acids is 1. The summed E-state index contributed by atoms with van der Waals surface area (Å²) in [6, 6.07) is 6.81. The van der Waals surface area contributed by atoms with Crippen LogP contribution in [0.2, 0.25) is 10.0 Å². The first-order valence-electron chi connectivity index (χ1n) is 6.65. The minimum absolute atomic E-state index is 0.0614. The largest absolute Gasteiger partial charge is 0.492 e. The van der Waals surface area contributed by atoms with Crippen molar-refractivity contribution in [2.45, 2.75) is 19.8 Å². The van der Waals surface area contributed by atoms with Gasteiger partial charge in [-0.05, 0) is 30.2 Å². The fourth-order valence-electron chi connectivity index (χ4n) is 1.81. The molecule has 21 heavy (non-hydrogen) atoms. The molecule has 0 bridgehead atoms. The number of benzene rings is 1. The molecule has 0 spiro atoms. The lowest BCUT2D eigenvalue weighted by Gasteiger charge is -2.07. The molecular weight excluding hydrogens is 309 g/mol. The van der Waals surface area contributed by atoms with E-state index in [0.717, 1.165) is 12.0 Å². The van der Waals surface area contributed by atoms with Gasteiger partial charge in [0.05, 0.1) is 12.8 Å². The maximum absolute atomic E-state index is 12.3. The number of nitrogens with zero attached hydrogens (tertiary/aromatic N) is 1. The van der Waals surface area contributed by atoms with E-state index in [9.17, 15) is 4.79 Å². The Morgan fingerprint density at radius 3 is 2.76 bits per heavy atom. The molecule has 1 heterocycles. The topological polar surface area (TPSA) is 39.2 Å². The molecule has 0 saturated heterocycles. The van der Waals surface area contributed by atoms with Gasteiger partial charge < -0.3 is 4.74 Å². The van der Waals surface area contributed by atoms with E-state index < -0.39 is 0 Å². The third-order valence-electron chi connectivity index (χ3n) is 2.87. The van der Waals surface area contributed by atoms with E-state index >= 15 is 0 Å². The molecule has 1 aromatic heterocycles. The van der Waals surface area contributed by atoms with Crippen LogP contribution in [-0.2, 0) is 6.42 Å². The van der Waals surface area contributed by atoms with Crippen molar-refractivity contribution in [1.29, 1.82) is 0 Å². The molecule has 0 amide bonds. The van der Waals surface area contributed by atoms with Crippen LogP contribution in [0.15, 0.2) is 36.7 Å². The molecule has 0 radical (unpaired) electrons. The van der Waals surface area contributed by atoms with E-state index in [1.807, 2.05) is 6.92 Å². The minimum Gasteiger partial charge on any atom is -0.492 e. The summed E-state index contributed by atoms with van der Waals surface area (Å²) in [5, 5.41) is 1.04. The van der Waals surface area contributed by atoms with Gasteiger partial charge in [-0.2, -0.15) is 0 Å². The van der Waals surface area contributed by atoms with Crippen molar-refractivity contribution >= 4 is 29.0 Å².